The predicted molar refractivity (Wildman–Crippen MR) is 82.4 cm³/mol. The van der Waals surface area contributed by atoms with Gasteiger partial charge in [-0.25, -0.2) is 0 Å². The minimum Gasteiger partial charge on any atom is -0.459 e. The van der Waals surface area contributed by atoms with Gasteiger partial charge in [0, 0.05) is 19.6 Å². The van der Waals surface area contributed by atoms with Crippen molar-refractivity contribution in [2.75, 3.05) is 45.9 Å². The van der Waals surface area contributed by atoms with Crippen LogP contribution in [0.1, 0.15) is 33.6 Å². The molecule has 1 unspecified atom stereocenters. The molecule has 0 saturated carbocycles. The van der Waals surface area contributed by atoms with Gasteiger partial charge in [0.15, 0.2) is 0 Å². The van der Waals surface area contributed by atoms with E-state index < -0.39 is 5.60 Å². The van der Waals surface area contributed by atoms with Gasteiger partial charge < -0.3 is 14.4 Å². The van der Waals surface area contributed by atoms with Gasteiger partial charge in [-0.1, -0.05) is 0 Å². The molecule has 126 valence electrons. The molecule has 0 aromatic carbocycles. The fourth-order valence-corrected chi connectivity index (χ4v) is 3.00. The molecule has 2 heterocycles. The first-order chi connectivity index (χ1) is 10.3. The Bertz CT molecular complexity index is 399. The molecule has 22 heavy (non-hydrogen) atoms. The maximum absolute atomic E-state index is 12.5. The van der Waals surface area contributed by atoms with E-state index >= 15 is 0 Å². The van der Waals surface area contributed by atoms with E-state index in [-0.39, 0.29) is 24.3 Å². The van der Waals surface area contributed by atoms with E-state index in [9.17, 15) is 9.59 Å². The highest BCUT2D eigenvalue weighted by Crippen LogP contribution is 2.20. The summed E-state index contributed by atoms with van der Waals surface area (Å²) in [6.45, 7) is 9.98. The molecule has 2 fully saturated rings. The molecule has 2 aliphatic heterocycles. The molecule has 0 radical (unpaired) electrons. The number of hydrogen-bond donors (Lipinski definition) is 0. The van der Waals surface area contributed by atoms with Crippen LogP contribution in [0.15, 0.2) is 0 Å². The molecule has 2 aliphatic rings. The number of ether oxygens (including phenoxy) is 2. The Morgan fingerprint density at radius 3 is 2.50 bits per heavy atom. The van der Waals surface area contributed by atoms with Crippen molar-refractivity contribution in [2.45, 2.75) is 39.2 Å². The van der Waals surface area contributed by atoms with Gasteiger partial charge >= 0.3 is 5.97 Å². The fraction of sp³-hybridized carbons (Fsp3) is 0.875. The quantitative estimate of drug-likeness (QED) is 0.725. The van der Waals surface area contributed by atoms with Gasteiger partial charge in [-0.15, -0.1) is 0 Å². The van der Waals surface area contributed by atoms with Crippen molar-refractivity contribution < 1.29 is 19.1 Å². The first-order valence-corrected chi connectivity index (χ1v) is 8.16. The summed E-state index contributed by atoms with van der Waals surface area (Å²) in [7, 11) is 0. The van der Waals surface area contributed by atoms with Gasteiger partial charge in [-0.05, 0) is 40.2 Å². The summed E-state index contributed by atoms with van der Waals surface area (Å²) < 4.78 is 10.7. The van der Waals surface area contributed by atoms with E-state index in [4.69, 9.17) is 9.47 Å². The van der Waals surface area contributed by atoms with E-state index in [1.807, 2.05) is 30.6 Å². The molecule has 2 rings (SSSR count). The minimum absolute atomic E-state index is 0.00529. The predicted octanol–water partition coefficient (Wildman–Crippen LogP) is 0.899. The number of piperidine rings is 1. The number of carbonyl (C=O) groups excluding carboxylic acids is 2. The Morgan fingerprint density at radius 2 is 1.86 bits per heavy atom. The Labute approximate surface area is 132 Å². The zero-order valence-electron chi connectivity index (χ0n) is 14.0. The lowest BCUT2D eigenvalue weighted by Gasteiger charge is -2.36. The molecule has 6 nitrogen and oxygen atoms in total. The number of nitrogens with zero attached hydrogens (tertiary/aromatic N) is 2. The van der Waals surface area contributed by atoms with Crippen molar-refractivity contribution in [3.8, 4) is 0 Å². The monoisotopic (exact) mass is 312 g/mol. The first kappa shape index (κ1) is 17.2. The zero-order chi connectivity index (χ0) is 16.2. The summed E-state index contributed by atoms with van der Waals surface area (Å²) in [6.07, 6.45) is 1.85. The molecule has 6 heteroatoms. The molecule has 0 N–H and O–H groups in total. The van der Waals surface area contributed by atoms with Crippen molar-refractivity contribution in [3.05, 3.63) is 0 Å². The topological polar surface area (TPSA) is 59.1 Å². The van der Waals surface area contributed by atoms with Crippen molar-refractivity contribution in [1.82, 2.24) is 9.80 Å². The summed E-state index contributed by atoms with van der Waals surface area (Å²) in [5, 5.41) is 0. The Hall–Kier alpha value is -1.14. The zero-order valence-corrected chi connectivity index (χ0v) is 14.0. The summed E-state index contributed by atoms with van der Waals surface area (Å²) >= 11 is 0. The molecule has 0 aliphatic carbocycles. The van der Waals surface area contributed by atoms with E-state index in [1.165, 1.54) is 0 Å². The van der Waals surface area contributed by atoms with Crippen LogP contribution in [-0.2, 0) is 19.1 Å². The second kappa shape index (κ2) is 7.42. The van der Waals surface area contributed by atoms with E-state index in [0.29, 0.717) is 32.8 Å². The number of likely N-dealkylation sites (tertiary alicyclic amines) is 1. The summed E-state index contributed by atoms with van der Waals surface area (Å²) in [5.74, 6) is -0.0153. The normalized spacial score (nSPS) is 24.1. The number of carbonyl (C=O) groups is 2. The van der Waals surface area contributed by atoms with Crippen LogP contribution >= 0.6 is 0 Å². The van der Waals surface area contributed by atoms with Crippen LogP contribution in [0, 0.1) is 5.92 Å². The van der Waals surface area contributed by atoms with Crippen LogP contribution in [-0.4, -0.2) is 73.2 Å². The highest BCUT2D eigenvalue weighted by atomic mass is 16.6. The van der Waals surface area contributed by atoms with Gasteiger partial charge in [0.05, 0.1) is 25.7 Å². The molecule has 1 amide bonds. The summed E-state index contributed by atoms with van der Waals surface area (Å²) in [4.78, 5) is 28.4. The van der Waals surface area contributed by atoms with E-state index in [2.05, 4.69) is 0 Å². The van der Waals surface area contributed by atoms with Crippen LogP contribution in [0.5, 0.6) is 0 Å². The highest BCUT2D eigenvalue weighted by Gasteiger charge is 2.31. The lowest BCUT2D eigenvalue weighted by Crippen LogP contribution is -2.49. The van der Waals surface area contributed by atoms with Crippen LogP contribution in [0.3, 0.4) is 0 Å². The molecule has 0 bridgehead atoms. The second-order valence-electron chi connectivity index (χ2n) is 7.10. The Balaban J connectivity index is 1.83. The SMILES string of the molecule is CC(C)(C)OC(=O)CN1CCCC(C(=O)N2CCOCC2)C1. The van der Waals surface area contributed by atoms with E-state index in [0.717, 1.165) is 19.4 Å². The molecule has 0 aromatic heterocycles. The van der Waals surface area contributed by atoms with Crippen molar-refractivity contribution in [1.29, 1.82) is 0 Å². The third-order valence-electron chi connectivity index (χ3n) is 3.95. The summed E-state index contributed by atoms with van der Waals surface area (Å²) in [5.41, 5.74) is -0.462. The lowest BCUT2D eigenvalue weighted by molar-refractivity contribution is -0.157. The average Bonchev–Trinajstić information content (AvgIpc) is 2.45. The number of morpholine rings is 1. The van der Waals surface area contributed by atoms with Gasteiger partial charge in [0.2, 0.25) is 5.91 Å². The molecular formula is C16H28N2O4. The Morgan fingerprint density at radius 1 is 1.18 bits per heavy atom. The van der Waals surface area contributed by atoms with Crippen molar-refractivity contribution in [2.24, 2.45) is 5.92 Å². The minimum atomic E-state index is -0.462. The van der Waals surface area contributed by atoms with Crippen LogP contribution < -0.4 is 0 Å². The third kappa shape index (κ3) is 5.25. The van der Waals surface area contributed by atoms with Crippen molar-refractivity contribution >= 4 is 11.9 Å². The molecule has 1 atom stereocenters. The number of rotatable bonds is 3. The maximum atomic E-state index is 12.5. The van der Waals surface area contributed by atoms with Gasteiger partial charge in [0.1, 0.15) is 5.60 Å². The molecular weight excluding hydrogens is 284 g/mol. The average molecular weight is 312 g/mol. The number of esters is 1. The van der Waals surface area contributed by atoms with Crippen LogP contribution in [0.4, 0.5) is 0 Å². The molecule has 2 saturated heterocycles. The second-order valence-corrected chi connectivity index (χ2v) is 7.10. The highest BCUT2D eigenvalue weighted by molar-refractivity contribution is 5.79. The Kier molecular flexibility index (Phi) is 5.81. The van der Waals surface area contributed by atoms with Gasteiger partial charge in [-0.2, -0.15) is 0 Å². The van der Waals surface area contributed by atoms with Crippen LogP contribution in [0.2, 0.25) is 0 Å². The smallest absolute Gasteiger partial charge is 0.320 e. The molecule has 0 spiro atoms. The van der Waals surface area contributed by atoms with Gasteiger partial charge in [-0.3, -0.25) is 14.5 Å². The molecule has 0 aromatic rings. The summed E-state index contributed by atoms with van der Waals surface area (Å²) in [6, 6.07) is 0. The van der Waals surface area contributed by atoms with Gasteiger partial charge in [0.25, 0.3) is 0 Å². The number of hydrogen-bond acceptors (Lipinski definition) is 5. The standard InChI is InChI=1S/C16H28N2O4/c1-16(2,3)22-14(19)12-17-6-4-5-13(11-17)15(20)18-7-9-21-10-8-18/h13H,4-12H2,1-3H3. The van der Waals surface area contributed by atoms with Crippen LogP contribution in [0.25, 0.3) is 0 Å². The fourth-order valence-electron chi connectivity index (χ4n) is 3.00. The number of amides is 1. The van der Waals surface area contributed by atoms with E-state index in [1.54, 1.807) is 0 Å². The van der Waals surface area contributed by atoms with Crippen molar-refractivity contribution in [3.63, 3.8) is 0 Å². The lowest BCUT2D eigenvalue weighted by atomic mass is 9.96. The largest absolute Gasteiger partial charge is 0.459 e. The third-order valence-corrected chi connectivity index (χ3v) is 3.95. The first-order valence-electron chi connectivity index (χ1n) is 8.16. The maximum Gasteiger partial charge on any atom is 0.320 e.